The van der Waals surface area contributed by atoms with Gasteiger partial charge in [0.1, 0.15) is 5.75 Å². The molecule has 8 heteroatoms. The van der Waals surface area contributed by atoms with Crippen LogP contribution in [0.5, 0.6) is 5.75 Å². The third-order valence-electron chi connectivity index (χ3n) is 4.79. The lowest BCUT2D eigenvalue weighted by atomic mass is 10.1. The molecule has 0 bridgehead atoms. The van der Waals surface area contributed by atoms with E-state index in [9.17, 15) is 13.2 Å². The van der Waals surface area contributed by atoms with Crippen LogP contribution in [0.25, 0.3) is 0 Å². The van der Waals surface area contributed by atoms with Crippen LogP contribution in [-0.2, 0) is 21.5 Å². The molecular weight excluding hydrogens is 390 g/mol. The molecular formula is C21H27N3O4S. The largest absolute Gasteiger partial charge is 0.497 e. The summed E-state index contributed by atoms with van der Waals surface area (Å²) in [6, 6.07) is 13.1. The van der Waals surface area contributed by atoms with Crippen molar-refractivity contribution in [1.29, 1.82) is 0 Å². The molecule has 0 aromatic heterocycles. The number of rotatable bonds is 6. The van der Waals surface area contributed by atoms with E-state index in [-0.39, 0.29) is 19.0 Å². The lowest BCUT2D eigenvalue weighted by Gasteiger charge is -2.34. The third kappa shape index (κ3) is 5.35. The minimum Gasteiger partial charge on any atom is -0.497 e. The minimum absolute atomic E-state index is 0.204. The topological polar surface area (TPSA) is 79.0 Å². The molecule has 1 amide bonds. The summed E-state index contributed by atoms with van der Waals surface area (Å²) in [4.78, 5) is 12.5. The molecule has 2 aromatic rings. The summed E-state index contributed by atoms with van der Waals surface area (Å²) in [6.07, 6.45) is 0.667. The molecule has 0 unspecified atom stereocenters. The Morgan fingerprint density at radius 2 is 1.76 bits per heavy atom. The second-order valence-electron chi connectivity index (χ2n) is 7.30. The molecule has 0 spiro atoms. The van der Waals surface area contributed by atoms with Crippen LogP contribution in [0.4, 0.5) is 5.69 Å². The number of methoxy groups -OCH3 is 1. The summed E-state index contributed by atoms with van der Waals surface area (Å²) in [5, 5.41) is 2.81. The number of hydrogen-bond acceptors (Lipinski definition) is 4. The molecule has 7 nitrogen and oxygen atoms in total. The Balaban J connectivity index is 1.68. The van der Waals surface area contributed by atoms with Gasteiger partial charge in [0.05, 0.1) is 13.7 Å². The second kappa shape index (κ2) is 8.94. The highest BCUT2D eigenvalue weighted by molar-refractivity contribution is 7.86. The van der Waals surface area contributed by atoms with Crippen LogP contribution in [0, 0.1) is 13.8 Å². The summed E-state index contributed by atoms with van der Waals surface area (Å²) in [5.41, 5.74) is 3.59. The van der Waals surface area contributed by atoms with E-state index in [1.165, 1.54) is 8.61 Å². The van der Waals surface area contributed by atoms with Crippen LogP contribution in [0.2, 0.25) is 0 Å². The zero-order chi connectivity index (χ0) is 21.0. The molecule has 156 valence electrons. The van der Waals surface area contributed by atoms with E-state index >= 15 is 0 Å². The first-order valence-corrected chi connectivity index (χ1v) is 10.9. The van der Waals surface area contributed by atoms with Crippen LogP contribution in [0.15, 0.2) is 42.5 Å². The predicted molar refractivity (Wildman–Crippen MR) is 113 cm³/mol. The van der Waals surface area contributed by atoms with E-state index in [2.05, 4.69) is 5.32 Å². The highest BCUT2D eigenvalue weighted by atomic mass is 32.2. The first kappa shape index (κ1) is 21.3. The summed E-state index contributed by atoms with van der Waals surface area (Å²) < 4.78 is 33.9. The fraction of sp³-hybridized carbons (Fsp3) is 0.381. The SMILES string of the molecule is COc1cccc(CN2CCCN(CC(=O)Nc3cc(C)cc(C)c3)S2(=O)=O)c1. The molecule has 1 fully saturated rings. The van der Waals surface area contributed by atoms with Gasteiger partial charge >= 0.3 is 0 Å². The second-order valence-corrected chi connectivity index (χ2v) is 9.23. The number of nitrogens with zero attached hydrogens (tertiary/aromatic N) is 2. The Bertz CT molecular complexity index is 971. The van der Waals surface area contributed by atoms with Crippen LogP contribution >= 0.6 is 0 Å². The van der Waals surface area contributed by atoms with E-state index in [4.69, 9.17) is 4.74 Å². The Labute approximate surface area is 172 Å². The number of nitrogens with one attached hydrogen (secondary N) is 1. The van der Waals surface area contributed by atoms with Crippen molar-refractivity contribution >= 4 is 21.8 Å². The monoisotopic (exact) mass is 417 g/mol. The number of anilines is 1. The van der Waals surface area contributed by atoms with Gasteiger partial charge in [-0.3, -0.25) is 4.79 Å². The molecule has 1 aliphatic rings. The van der Waals surface area contributed by atoms with Crippen molar-refractivity contribution in [3.8, 4) is 5.75 Å². The normalized spacial score (nSPS) is 17.1. The number of amides is 1. The van der Waals surface area contributed by atoms with Crippen molar-refractivity contribution < 1.29 is 17.9 Å². The molecule has 29 heavy (non-hydrogen) atoms. The van der Waals surface area contributed by atoms with E-state index in [0.717, 1.165) is 16.7 Å². The summed E-state index contributed by atoms with van der Waals surface area (Å²) >= 11 is 0. The summed E-state index contributed by atoms with van der Waals surface area (Å²) in [5.74, 6) is 0.336. The summed E-state index contributed by atoms with van der Waals surface area (Å²) in [7, 11) is -2.14. The van der Waals surface area contributed by atoms with Crippen LogP contribution < -0.4 is 10.1 Å². The van der Waals surface area contributed by atoms with Crippen molar-refractivity contribution in [2.45, 2.75) is 26.8 Å². The molecule has 0 saturated carbocycles. The zero-order valence-electron chi connectivity index (χ0n) is 17.0. The Hall–Kier alpha value is -2.42. The van der Waals surface area contributed by atoms with Crippen molar-refractivity contribution in [3.05, 3.63) is 59.2 Å². The van der Waals surface area contributed by atoms with Gasteiger partial charge in [0.2, 0.25) is 5.91 Å². The smallest absolute Gasteiger partial charge is 0.282 e. The fourth-order valence-electron chi connectivity index (χ4n) is 3.52. The molecule has 1 saturated heterocycles. The molecule has 1 aliphatic heterocycles. The highest BCUT2D eigenvalue weighted by Crippen LogP contribution is 2.21. The lowest BCUT2D eigenvalue weighted by Crippen LogP contribution is -2.51. The summed E-state index contributed by atoms with van der Waals surface area (Å²) in [6.45, 7) is 4.70. The minimum atomic E-state index is -3.72. The van der Waals surface area contributed by atoms with Crippen molar-refractivity contribution in [1.82, 2.24) is 8.61 Å². The molecule has 2 aromatic carbocycles. The third-order valence-corrected chi connectivity index (χ3v) is 6.71. The maximum atomic E-state index is 13.0. The first-order valence-electron chi connectivity index (χ1n) is 9.54. The zero-order valence-corrected chi connectivity index (χ0v) is 17.8. The fourth-order valence-corrected chi connectivity index (χ4v) is 5.16. The van der Waals surface area contributed by atoms with Gasteiger partial charge in [0.25, 0.3) is 10.2 Å². The van der Waals surface area contributed by atoms with Crippen molar-refractivity contribution in [2.75, 3.05) is 32.1 Å². The van der Waals surface area contributed by atoms with E-state index in [1.807, 2.05) is 56.3 Å². The van der Waals surface area contributed by atoms with Gasteiger partial charge < -0.3 is 10.1 Å². The van der Waals surface area contributed by atoms with Crippen LogP contribution in [-0.4, -0.2) is 49.7 Å². The van der Waals surface area contributed by atoms with Gasteiger partial charge in [-0.1, -0.05) is 18.2 Å². The van der Waals surface area contributed by atoms with Gasteiger partial charge in [0.15, 0.2) is 0 Å². The first-order chi connectivity index (χ1) is 13.8. The number of carbonyl (C=O) groups excluding carboxylic acids is 1. The van der Waals surface area contributed by atoms with Gasteiger partial charge in [-0.15, -0.1) is 0 Å². The number of benzene rings is 2. The van der Waals surface area contributed by atoms with Gasteiger partial charge in [-0.2, -0.15) is 17.0 Å². The average Bonchev–Trinajstić information content (AvgIpc) is 2.64. The quantitative estimate of drug-likeness (QED) is 0.784. The van der Waals surface area contributed by atoms with Crippen LogP contribution in [0.1, 0.15) is 23.1 Å². The van der Waals surface area contributed by atoms with Gasteiger partial charge in [0, 0.05) is 25.3 Å². The maximum Gasteiger partial charge on any atom is 0.282 e. The maximum absolute atomic E-state index is 13.0. The molecule has 0 radical (unpaired) electrons. The number of ether oxygens (including phenoxy) is 1. The van der Waals surface area contributed by atoms with E-state index in [1.54, 1.807) is 7.11 Å². The lowest BCUT2D eigenvalue weighted by molar-refractivity contribution is -0.116. The van der Waals surface area contributed by atoms with Gasteiger partial charge in [-0.25, -0.2) is 0 Å². The molecule has 0 aliphatic carbocycles. The number of carbonyl (C=O) groups is 1. The molecule has 1 N–H and O–H groups in total. The Morgan fingerprint density at radius 3 is 2.45 bits per heavy atom. The van der Waals surface area contributed by atoms with Crippen molar-refractivity contribution in [3.63, 3.8) is 0 Å². The predicted octanol–water partition coefficient (Wildman–Crippen LogP) is 2.70. The van der Waals surface area contributed by atoms with Crippen molar-refractivity contribution in [2.24, 2.45) is 0 Å². The van der Waals surface area contributed by atoms with E-state index in [0.29, 0.717) is 30.9 Å². The molecule has 1 heterocycles. The Kier molecular flexibility index (Phi) is 6.56. The standard InChI is InChI=1S/C21H27N3O4S/c1-16-10-17(2)12-19(11-16)22-21(25)15-24-9-5-8-23(29(24,26)27)14-18-6-4-7-20(13-18)28-3/h4,6-7,10-13H,5,8-9,14-15H2,1-3H3,(H,22,25). The molecule has 3 rings (SSSR count). The van der Waals surface area contributed by atoms with Crippen LogP contribution in [0.3, 0.4) is 0 Å². The highest BCUT2D eigenvalue weighted by Gasteiger charge is 2.34. The van der Waals surface area contributed by atoms with Gasteiger partial charge in [-0.05, 0) is 61.2 Å². The Morgan fingerprint density at radius 1 is 1.07 bits per heavy atom. The molecule has 0 atom stereocenters. The number of hydrogen-bond donors (Lipinski definition) is 1. The number of aryl methyl sites for hydroxylation is 2. The average molecular weight is 418 g/mol. The van der Waals surface area contributed by atoms with E-state index < -0.39 is 10.2 Å².